The lowest BCUT2D eigenvalue weighted by Crippen LogP contribution is -2.11. The smallest absolute Gasteiger partial charge is 0.201 e. The molecule has 0 saturated carbocycles. The van der Waals surface area contributed by atoms with Crippen molar-refractivity contribution in [3.05, 3.63) is 0 Å². The van der Waals surface area contributed by atoms with Crippen molar-refractivity contribution >= 4 is 24.1 Å². The van der Waals surface area contributed by atoms with E-state index < -0.39 is 7.37 Å². The van der Waals surface area contributed by atoms with Crippen molar-refractivity contribution in [3.63, 3.8) is 0 Å². The zero-order valence-corrected chi connectivity index (χ0v) is 7.68. The van der Waals surface area contributed by atoms with Crippen LogP contribution in [0.15, 0.2) is 5.16 Å². The predicted octanol–water partition coefficient (Wildman–Crippen LogP) is 1.23. The van der Waals surface area contributed by atoms with E-state index in [2.05, 4.69) is 5.16 Å². The molecule has 0 aliphatic carbocycles. The first-order valence-electron chi connectivity index (χ1n) is 3.15. The van der Waals surface area contributed by atoms with Crippen molar-refractivity contribution in [2.24, 2.45) is 5.16 Å². The molecular formula is C5H9ClNO3P. The molecule has 0 aromatic rings. The van der Waals surface area contributed by atoms with Crippen LogP contribution in [-0.4, -0.2) is 29.0 Å². The van der Waals surface area contributed by atoms with Crippen LogP contribution in [0.4, 0.5) is 0 Å². The number of nitrogens with zero attached hydrogens (tertiary/aromatic N) is 1. The summed E-state index contributed by atoms with van der Waals surface area (Å²) in [5, 5.41) is 3.82. The molecule has 1 rings (SSSR count). The molecule has 1 N–H and O–H groups in total. The van der Waals surface area contributed by atoms with E-state index in [1.54, 1.807) is 0 Å². The molecule has 1 aliphatic heterocycles. The van der Waals surface area contributed by atoms with E-state index in [0.717, 1.165) is 0 Å². The Hall–Kier alpha value is -0.0500. The third kappa shape index (κ3) is 3.23. The van der Waals surface area contributed by atoms with Crippen LogP contribution >= 0.6 is 19.0 Å². The van der Waals surface area contributed by atoms with E-state index in [4.69, 9.17) is 21.3 Å². The minimum atomic E-state index is -3.00. The van der Waals surface area contributed by atoms with Crippen LogP contribution < -0.4 is 0 Å². The minimum Gasteiger partial charge on any atom is -0.391 e. The van der Waals surface area contributed by atoms with Gasteiger partial charge in [-0.2, -0.15) is 0 Å². The fraction of sp³-hybridized carbons (Fsp3) is 0.800. The first kappa shape index (κ1) is 9.04. The van der Waals surface area contributed by atoms with Crippen LogP contribution in [0.2, 0.25) is 0 Å². The highest BCUT2D eigenvalue weighted by atomic mass is 35.5. The Balaban J connectivity index is 2.38. The van der Waals surface area contributed by atoms with E-state index in [1.165, 1.54) is 6.66 Å². The van der Waals surface area contributed by atoms with Crippen molar-refractivity contribution in [2.45, 2.75) is 12.5 Å². The van der Waals surface area contributed by atoms with Gasteiger partial charge in [0.2, 0.25) is 7.37 Å². The molecule has 0 radical (unpaired) electrons. The van der Waals surface area contributed by atoms with Gasteiger partial charge in [-0.25, -0.2) is 0 Å². The highest BCUT2D eigenvalue weighted by Crippen LogP contribution is 2.38. The van der Waals surface area contributed by atoms with Gasteiger partial charge < -0.3 is 9.73 Å². The Morgan fingerprint density at radius 2 is 2.64 bits per heavy atom. The van der Waals surface area contributed by atoms with Crippen LogP contribution in [0.5, 0.6) is 0 Å². The van der Waals surface area contributed by atoms with E-state index in [9.17, 15) is 4.57 Å². The maximum atomic E-state index is 10.9. The fourth-order valence-electron chi connectivity index (χ4n) is 0.870. The first-order chi connectivity index (χ1) is 4.97. The maximum Gasteiger partial charge on any atom is 0.201 e. The molecule has 1 aliphatic rings. The van der Waals surface area contributed by atoms with E-state index in [1.807, 2.05) is 0 Å². The van der Waals surface area contributed by atoms with Crippen LogP contribution in [0.3, 0.4) is 0 Å². The Bertz CT molecular complexity index is 224. The average Bonchev–Trinajstić information content (AvgIpc) is 2.10. The molecule has 0 spiro atoms. The van der Waals surface area contributed by atoms with Gasteiger partial charge in [0.05, 0.1) is 6.16 Å². The highest BCUT2D eigenvalue weighted by molar-refractivity contribution is 7.57. The largest absolute Gasteiger partial charge is 0.391 e. The monoisotopic (exact) mass is 197 g/mol. The van der Waals surface area contributed by atoms with Crippen molar-refractivity contribution in [1.82, 2.24) is 0 Å². The third-order valence-corrected chi connectivity index (χ3v) is 2.55. The van der Waals surface area contributed by atoms with E-state index >= 15 is 0 Å². The topological polar surface area (TPSA) is 58.9 Å². The molecule has 0 amide bonds. The minimum absolute atomic E-state index is 0.118. The first-order valence-corrected chi connectivity index (χ1v) is 5.82. The van der Waals surface area contributed by atoms with Gasteiger partial charge in [0.1, 0.15) is 11.3 Å². The Labute approximate surface area is 69.6 Å². The van der Waals surface area contributed by atoms with E-state index in [-0.39, 0.29) is 12.3 Å². The van der Waals surface area contributed by atoms with Gasteiger partial charge >= 0.3 is 0 Å². The lowest BCUT2D eigenvalue weighted by molar-refractivity contribution is 0.100. The SMILES string of the molecule is CP(=O)(O)CC1CC(Cl)=NO1. The molecule has 0 saturated heterocycles. The average molecular weight is 198 g/mol. The van der Waals surface area contributed by atoms with Gasteiger partial charge in [-0.1, -0.05) is 16.8 Å². The lowest BCUT2D eigenvalue weighted by Gasteiger charge is -2.09. The van der Waals surface area contributed by atoms with Crippen molar-refractivity contribution < 1.29 is 14.3 Å². The summed E-state index contributed by atoms with van der Waals surface area (Å²) in [7, 11) is -3.00. The van der Waals surface area contributed by atoms with Crippen LogP contribution in [0, 0.1) is 0 Å². The van der Waals surface area contributed by atoms with Gasteiger partial charge in [-0.05, 0) is 0 Å². The fourth-order valence-corrected chi connectivity index (χ4v) is 2.03. The molecule has 0 aromatic carbocycles. The van der Waals surface area contributed by atoms with Crippen LogP contribution in [0.25, 0.3) is 0 Å². The van der Waals surface area contributed by atoms with Crippen molar-refractivity contribution in [2.75, 3.05) is 12.8 Å². The quantitative estimate of drug-likeness (QED) is 0.678. The normalized spacial score (nSPS) is 29.0. The van der Waals surface area contributed by atoms with Gasteiger partial charge in [0.25, 0.3) is 0 Å². The molecule has 1 heterocycles. The van der Waals surface area contributed by atoms with Crippen molar-refractivity contribution in [3.8, 4) is 0 Å². The Kier molecular flexibility index (Phi) is 2.58. The molecule has 11 heavy (non-hydrogen) atoms. The summed E-state index contributed by atoms with van der Waals surface area (Å²) in [6, 6.07) is 0. The molecular weight excluding hydrogens is 188 g/mol. The van der Waals surface area contributed by atoms with Gasteiger partial charge in [0, 0.05) is 13.1 Å². The maximum absolute atomic E-state index is 10.9. The predicted molar refractivity (Wildman–Crippen MR) is 43.4 cm³/mol. The molecule has 0 fully saturated rings. The molecule has 6 heteroatoms. The van der Waals surface area contributed by atoms with E-state index in [0.29, 0.717) is 11.6 Å². The number of hydrogen-bond donors (Lipinski definition) is 1. The Morgan fingerprint density at radius 1 is 2.00 bits per heavy atom. The van der Waals surface area contributed by atoms with Crippen LogP contribution in [0.1, 0.15) is 6.42 Å². The van der Waals surface area contributed by atoms with Gasteiger partial charge in [-0.3, -0.25) is 4.57 Å². The number of oxime groups is 1. The summed E-state index contributed by atoms with van der Waals surface area (Å²) in [4.78, 5) is 13.7. The summed E-state index contributed by atoms with van der Waals surface area (Å²) in [6.07, 6.45) is 0.246. The molecule has 4 nitrogen and oxygen atoms in total. The molecule has 2 atom stereocenters. The Morgan fingerprint density at radius 3 is 3.00 bits per heavy atom. The second-order valence-corrected chi connectivity index (χ2v) is 5.54. The highest BCUT2D eigenvalue weighted by Gasteiger charge is 2.25. The standard InChI is InChI=1S/C5H9ClNO3P/c1-11(8,9)3-4-2-5(6)7-10-4/h4H,2-3H2,1H3,(H,8,9). The summed E-state index contributed by atoms with van der Waals surface area (Å²) in [5.41, 5.74) is 0. The molecule has 0 aromatic heterocycles. The van der Waals surface area contributed by atoms with Gasteiger partial charge in [0.15, 0.2) is 0 Å². The number of hydrogen-bond acceptors (Lipinski definition) is 3. The number of halogens is 1. The second kappa shape index (κ2) is 3.13. The summed E-state index contributed by atoms with van der Waals surface area (Å²) < 4.78 is 10.9. The molecule has 64 valence electrons. The second-order valence-electron chi connectivity index (χ2n) is 2.63. The zero-order valence-electron chi connectivity index (χ0n) is 6.03. The summed E-state index contributed by atoms with van der Waals surface area (Å²) in [6.45, 7) is 1.29. The molecule has 2 unspecified atom stereocenters. The van der Waals surface area contributed by atoms with Crippen LogP contribution in [-0.2, 0) is 9.40 Å². The van der Waals surface area contributed by atoms with Gasteiger partial charge in [-0.15, -0.1) is 0 Å². The summed E-state index contributed by atoms with van der Waals surface area (Å²) in [5.74, 6) is 0. The third-order valence-electron chi connectivity index (χ3n) is 1.24. The zero-order chi connectivity index (χ0) is 8.48. The summed E-state index contributed by atoms with van der Waals surface area (Å²) >= 11 is 5.49. The lowest BCUT2D eigenvalue weighted by atomic mass is 10.3. The molecule has 0 bridgehead atoms. The number of rotatable bonds is 2. The van der Waals surface area contributed by atoms with Crippen molar-refractivity contribution in [1.29, 1.82) is 0 Å².